The molecule has 2 amide bonds. The van der Waals surface area contributed by atoms with Gasteiger partial charge in [-0.3, -0.25) is 9.69 Å². The largest absolute Gasteiger partial charge is 0.481 e. The van der Waals surface area contributed by atoms with E-state index in [4.69, 9.17) is 10.8 Å². The summed E-state index contributed by atoms with van der Waals surface area (Å²) in [6.45, 7) is 3.00. The van der Waals surface area contributed by atoms with E-state index in [1.54, 1.807) is 6.07 Å². The Balaban J connectivity index is 2.82. The minimum Gasteiger partial charge on any atom is -0.481 e. The lowest BCUT2D eigenvalue weighted by molar-refractivity contribution is -0.136. The molecule has 6 heteroatoms. The Hall–Kier alpha value is -2.08. The Bertz CT molecular complexity index is 463. The van der Waals surface area contributed by atoms with Crippen LogP contribution < -0.4 is 16.0 Å². The lowest BCUT2D eigenvalue weighted by Gasteiger charge is -2.24. The van der Waals surface area contributed by atoms with Crippen molar-refractivity contribution in [1.29, 1.82) is 0 Å². The van der Waals surface area contributed by atoms with Crippen molar-refractivity contribution < 1.29 is 14.7 Å². The zero-order valence-electron chi connectivity index (χ0n) is 11.6. The number of amides is 2. The standard InChI is InChI=1S/C14H21N3O3/c1-11-5-2-3-6-12(11)17(10-7-13(18)19)14(20)16-9-4-8-15/h2-3,5-6H,4,7-10,15H2,1H3,(H,16,20)(H,18,19). The number of hydrogen-bond acceptors (Lipinski definition) is 3. The first-order valence-corrected chi connectivity index (χ1v) is 6.59. The van der Waals surface area contributed by atoms with Gasteiger partial charge in [-0.25, -0.2) is 4.79 Å². The monoisotopic (exact) mass is 279 g/mol. The van der Waals surface area contributed by atoms with Crippen LogP contribution in [-0.2, 0) is 4.79 Å². The van der Waals surface area contributed by atoms with Crippen molar-refractivity contribution in [2.75, 3.05) is 24.5 Å². The number of para-hydroxylation sites is 1. The van der Waals surface area contributed by atoms with Gasteiger partial charge in [0.15, 0.2) is 0 Å². The lowest BCUT2D eigenvalue weighted by atomic mass is 10.2. The summed E-state index contributed by atoms with van der Waals surface area (Å²) in [5, 5.41) is 11.5. The van der Waals surface area contributed by atoms with Gasteiger partial charge in [-0.15, -0.1) is 0 Å². The summed E-state index contributed by atoms with van der Waals surface area (Å²) in [5.41, 5.74) is 7.03. The number of rotatable bonds is 7. The Morgan fingerprint density at radius 3 is 2.65 bits per heavy atom. The Labute approximate surface area is 118 Å². The predicted molar refractivity (Wildman–Crippen MR) is 77.8 cm³/mol. The van der Waals surface area contributed by atoms with Gasteiger partial charge in [0.05, 0.1) is 6.42 Å². The first-order chi connectivity index (χ1) is 9.56. The van der Waals surface area contributed by atoms with Crippen LogP contribution in [0.5, 0.6) is 0 Å². The highest BCUT2D eigenvalue weighted by Gasteiger charge is 2.17. The number of anilines is 1. The highest BCUT2D eigenvalue weighted by molar-refractivity contribution is 5.93. The summed E-state index contributed by atoms with van der Waals surface area (Å²) < 4.78 is 0. The van der Waals surface area contributed by atoms with E-state index in [0.29, 0.717) is 19.5 Å². The average molecular weight is 279 g/mol. The van der Waals surface area contributed by atoms with Crippen LogP contribution in [0.1, 0.15) is 18.4 Å². The number of nitrogens with zero attached hydrogens (tertiary/aromatic N) is 1. The summed E-state index contributed by atoms with van der Waals surface area (Å²) in [4.78, 5) is 24.4. The second-order valence-electron chi connectivity index (χ2n) is 4.46. The number of carboxylic acid groups (broad SMARTS) is 1. The number of aryl methyl sites for hydroxylation is 1. The number of benzene rings is 1. The van der Waals surface area contributed by atoms with Gasteiger partial charge in [-0.05, 0) is 31.5 Å². The van der Waals surface area contributed by atoms with Crippen molar-refractivity contribution in [3.8, 4) is 0 Å². The van der Waals surface area contributed by atoms with E-state index in [9.17, 15) is 9.59 Å². The van der Waals surface area contributed by atoms with Gasteiger partial charge in [0.2, 0.25) is 0 Å². The minimum atomic E-state index is -0.932. The third-order valence-electron chi connectivity index (χ3n) is 2.86. The van der Waals surface area contributed by atoms with Crippen LogP contribution in [0.3, 0.4) is 0 Å². The summed E-state index contributed by atoms with van der Waals surface area (Å²) in [6.07, 6.45) is 0.588. The van der Waals surface area contributed by atoms with Crippen molar-refractivity contribution in [3.05, 3.63) is 29.8 Å². The molecular formula is C14H21N3O3. The minimum absolute atomic E-state index is 0.0986. The molecule has 0 radical (unpaired) electrons. The van der Waals surface area contributed by atoms with E-state index < -0.39 is 5.97 Å². The number of aliphatic carboxylic acids is 1. The molecule has 1 rings (SSSR count). The van der Waals surface area contributed by atoms with E-state index in [-0.39, 0.29) is 19.0 Å². The SMILES string of the molecule is Cc1ccccc1N(CCC(=O)O)C(=O)NCCCN. The third-order valence-corrected chi connectivity index (χ3v) is 2.86. The number of carbonyl (C=O) groups excluding carboxylic acids is 1. The van der Waals surface area contributed by atoms with Crippen molar-refractivity contribution in [2.24, 2.45) is 5.73 Å². The zero-order chi connectivity index (χ0) is 15.0. The van der Waals surface area contributed by atoms with Gasteiger partial charge in [-0.1, -0.05) is 18.2 Å². The van der Waals surface area contributed by atoms with Crippen molar-refractivity contribution in [2.45, 2.75) is 19.8 Å². The highest BCUT2D eigenvalue weighted by Crippen LogP contribution is 2.19. The number of nitrogens with two attached hydrogens (primary N) is 1. The average Bonchev–Trinajstić information content (AvgIpc) is 2.41. The molecule has 0 aliphatic rings. The van der Waals surface area contributed by atoms with E-state index in [0.717, 1.165) is 11.3 Å². The third kappa shape index (κ3) is 4.89. The molecule has 20 heavy (non-hydrogen) atoms. The molecule has 0 bridgehead atoms. The number of urea groups is 1. The fourth-order valence-corrected chi connectivity index (χ4v) is 1.80. The molecule has 0 atom stereocenters. The lowest BCUT2D eigenvalue weighted by Crippen LogP contribution is -2.42. The molecule has 110 valence electrons. The van der Waals surface area contributed by atoms with Gasteiger partial charge < -0.3 is 16.2 Å². The van der Waals surface area contributed by atoms with E-state index in [1.807, 2.05) is 25.1 Å². The maximum absolute atomic E-state index is 12.2. The maximum Gasteiger partial charge on any atom is 0.321 e. The van der Waals surface area contributed by atoms with Crippen molar-refractivity contribution in [3.63, 3.8) is 0 Å². The molecule has 0 aliphatic heterocycles. The maximum atomic E-state index is 12.2. The molecule has 0 heterocycles. The van der Waals surface area contributed by atoms with Gasteiger partial charge >= 0.3 is 12.0 Å². The van der Waals surface area contributed by atoms with Crippen LogP contribution in [0.4, 0.5) is 10.5 Å². The molecule has 0 saturated heterocycles. The van der Waals surface area contributed by atoms with Gasteiger partial charge in [0.1, 0.15) is 0 Å². The topological polar surface area (TPSA) is 95.7 Å². The first kappa shape index (κ1) is 16.0. The predicted octanol–water partition coefficient (Wildman–Crippen LogP) is 1.33. The van der Waals surface area contributed by atoms with E-state index >= 15 is 0 Å². The molecule has 0 aliphatic carbocycles. The highest BCUT2D eigenvalue weighted by atomic mass is 16.4. The van der Waals surface area contributed by atoms with Crippen LogP contribution in [0.15, 0.2) is 24.3 Å². The Kier molecular flexibility index (Phi) is 6.52. The Morgan fingerprint density at radius 2 is 2.05 bits per heavy atom. The van der Waals surface area contributed by atoms with Crippen LogP contribution in [-0.4, -0.2) is 36.7 Å². The van der Waals surface area contributed by atoms with Crippen LogP contribution in [0.2, 0.25) is 0 Å². The fourth-order valence-electron chi connectivity index (χ4n) is 1.80. The van der Waals surface area contributed by atoms with Gasteiger partial charge in [-0.2, -0.15) is 0 Å². The Morgan fingerprint density at radius 1 is 1.35 bits per heavy atom. The molecule has 4 N–H and O–H groups in total. The molecule has 0 saturated carbocycles. The smallest absolute Gasteiger partial charge is 0.321 e. The number of hydrogen-bond donors (Lipinski definition) is 3. The van der Waals surface area contributed by atoms with Crippen LogP contribution in [0.25, 0.3) is 0 Å². The van der Waals surface area contributed by atoms with Crippen molar-refractivity contribution in [1.82, 2.24) is 5.32 Å². The number of carboxylic acids is 1. The molecule has 0 unspecified atom stereocenters. The quantitative estimate of drug-likeness (QED) is 0.656. The molecule has 1 aromatic rings. The first-order valence-electron chi connectivity index (χ1n) is 6.59. The van der Waals surface area contributed by atoms with Gasteiger partial charge in [0, 0.05) is 18.8 Å². The summed E-state index contributed by atoms with van der Waals surface area (Å²) in [6, 6.07) is 7.09. The molecule has 0 spiro atoms. The van der Waals surface area contributed by atoms with E-state index in [1.165, 1.54) is 4.90 Å². The zero-order valence-corrected chi connectivity index (χ0v) is 11.6. The molecule has 0 aromatic heterocycles. The summed E-state index contributed by atoms with van der Waals surface area (Å²) in [5.74, 6) is -0.932. The normalized spacial score (nSPS) is 10.1. The molecule has 6 nitrogen and oxygen atoms in total. The van der Waals surface area contributed by atoms with Crippen molar-refractivity contribution >= 4 is 17.7 Å². The second-order valence-corrected chi connectivity index (χ2v) is 4.46. The number of carbonyl (C=O) groups is 2. The summed E-state index contributed by atoms with van der Waals surface area (Å²) in [7, 11) is 0. The molecular weight excluding hydrogens is 258 g/mol. The summed E-state index contributed by atoms with van der Waals surface area (Å²) >= 11 is 0. The van der Waals surface area contributed by atoms with Gasteiger partial charge in [0.25, 0.3) is 0 Å². The van der Waals surface area contributed by atoms with Crippen LogP contribution >= 0.6 is 0 Å². The number of nitrogens with one attached hydrogen (secondary N) is 1. The molecule has 0 fully saturated rings. The van der Waals surface area contributed by atoms with E-state index in [2.05, 4.69) is 5.32 Å². The second kappa shape index (κ2) is 8.16. The van der Waals surface area contributed by atoms with Crippen LogP contribution in [0, 0.1) is 6.92 Å². The molecule has 1 aromatic carbocycles. The fraction of sp³-hybridized carbons (Fsp3) is 0.429.